The van der Waals surface area contributed by atoms with Crippen LogP contribution in [0.1, 0.15) is 40.5 Å². The fourth-order valence-corrected chi connectivity index (χ4v) is 2.61. The van der Waals surface area contributed by atoms with Gasteiger partial charge in [-0.2, -0.15) is 0 Å². The molecule has 1 saturated heterocycles. The second kappa shape index (κ2) is 8.22. The van der Waals surface area contributed by atoms with Crippen molar-refractivity contribution in [2.24, 2.45) is 11.8 Å². The SMILES string of the molecule is CC[C@H](C)[C@H](NC(=O)NCC1CCN(C(C)C)C1)C(=O)O. The van der Waals surface area contributed by atoms with E-state index >= 15 is 0 Å². The molecule has 0 saturated carbocycles. The quantitative estimate of drug-likeness (QED) is 0.665. The van der Waals surface area contributed by atoms with Gasteiger partial charge >= 0.3 is 12.0 Å². The van der Waals surface area contributed by atoms with Gasteiger partial charge in [0.25, 0.3) is 0 Å². The number of nitrogens with one attached hydrogen (secondary N) is 2. The molecule has 1 fully saturated rings. The van der Waals surface area contributed by atoms with Gasteiger partial charge in [-0.15, -0.1) is 0 Å². The number of urea groups is 1. The first-order valence-corrected chi connectivity index (χ1v) is 7.86. The molecule has 2 amide bonds. The van der Waals surface area contributed by atoms with E-state index in [2.05, 4.69) is 29.4 Å². The van der Waals surface area contributed by atoms with Crippen molar-refractivity contribution in [3.05, 3.63) is 0 Å². The lowest BCUT2D eigenvalue weighted by Gasteiger charge is -2.22. The molecular weight excluding hydrogens is 270 g/mol. The van der Waals surface area contributed by atoms with Crippen LogP contribution < -0.4 is 10.6 Å². The third kappa shape index (κ3) is 5.53. The lowest BCUT2D eigenvalue weighted by Crippen LogP contribution is -2.50. The van der Waals surface area contributed by atoms with Crippen LogP contribution in [-0.4, -0.2) is 53.7 Å². The topological polar surface area (TPSA) is 81.7 Å². The van der Waals surface area contributed by atoms with Crippen LogP contribution in [0.15, 0.2) is 0 Å². The van der Waals surface area contributed by atoms with E-state index < -0.39 is 12.0 Å². The number of amides is 2. The number of carboxylic acid groups (broad SMARTS) is 1. The predicted octanol–water partition coefficient (Wildman–Crippen LogP) is 1.52. The van der Waals surface area contributed by atoms with Crippen molar-refractivity contribution in [2.45, 2.75) is 52.6 Å². The van der Waals surface area contributed by atoms with E-state index in [-0.39, 0.29) is 11.9 Å². The van der Waals surface area contributed by atoms with E-state index in [1.54, 1.807) is 0 Å². The van der Waals surface area contributed by atoms with E-state index in [1.807, 2.05) is 13.8 Å². The summed E-state index contributed by atoms with van der Waals surface area (Å²) in [6, 6.07) is -0.679. The summed E-state index contributed by atoms with van der Waals surface area (Å²) < 4.78 is 0. The molecule has 6 heteroatoms. The van der Waals surface area contributed by atoms with E-state index in [1.165, 1.54) is 0 Å². The van der Waals surface area contributed by atoms with E-state index in [9.17, 15) is 9.59 Å². The van der Waals surface area contributed by atoms with Crippen LogP contribution >= 0.6 is 0 Å². The highest BCUT2D eigenvalue weighted by Crippen LogP contribution is 2.17. The van der Waals surface area contributed by atoms with Crippen molar-refractivity contribution in [2.75, 3.05) is 19.6 Å². The van der Waals surface area contributed by atoms with Gasteiger partial charge in [0.05, 0.1) is 0 Å². The Balaban J connectivity index is 2.35. The lowest BCUT2D eigenvalue weighted by atomic mass is 9.99. The van der Waals surface area contributed by atoms with Crippen LogP contribution in [0.2, 0.25) is 0 Å². The molecule has 21 heavy (non-hydrogen) atoms. The Morgan fingerprint density at radius 2 is 2.00 bits per heavy atom. The normalized spacial score (nSPS) is 22.0. The Labute approximate surface area is 127 Å². The molecule has 122 valence electrons. The fraction of sp³-hybridized carbons (Fsp3) is 0.867. The first kappa shape index (κ1) is 17.8. The molecule has 0 radical (unpaired) electrons. The molecule has 0 spiro atoms. The van der Waals surface area contributed by atoms with Crippen LogP contribution in [-0.2, 0) is 4.79 Å². The second-order valence-corrected chi connectivity index (χ2v) is 6.30. The van der Waals surface area contributed by atoms with Gasteiger partial charge in [0, 0.05) is 19.1 Å². The average molecular weight is 299 g/mol. The smallest absolute Gasteiger partial charge is 0.326 e. The van der Waals surface area contributed by atoms with Gasteiger partial charge in [-0.25, -0.2) is 9.59 Å². The number of carbonyl (C=O) groups excluding carboxylic acids is 1. The molecule has 1 rings (SSSR count). The van der Waals surface area contributed by atoms with Gasteiger partial charge in [0.1, 0.15) is 6.04 Å². The molecule has 6 nitrogen and oxygen atoms in total. The highest BCUT2D eigenvalue weighted by atomic mass is 16.4. The van der Waals surface area contributed by atoms with Crippen molar-refractivity contribution in [1.82, 2.24) is 15.5 Å². The summed E-state index contributed by atoms with van der Waals surface area (Å²) in [5, 5.41) is 14.5. The molecule has 0 aromatic rings. The summed E-state index contributed by atoms with van der Waals surface area (Å²) in [5.74, 6) is -0.618. The largest absolute Gasteiger partial charge is 0.480 e. The molecule has 0 aromatic carbocycles. The summed E-state index contributed by atoms with van der Waals surface area (Å²) in [6.07, 6.45) is 1.79. The van der Waals surface area contributed by atoms with Crippen LogP contribution in [0.3, 0.4) is 0 Å². The number of aliphatic carboxylic acids is 1. The molecule has 0 aliphatic carbocycles. The van der Waals surface area contributed by atoms with Crippen LogP contribution in [0.25, 0.3) is 0 Å². The summed E-state index contributed by atoms with van der Waals surface area (Å²) in [5.41, 5.74) is 0. The highest BCUT2D eigenvalue weighted by molar-refractivity contribution is 5.82. The second-order valence-electron chi connectivity index (χ2n) is 6.30. The maximum absolute atomic E-state index is 11.9. The monoisotopic (exact) mass is 299 g/mol. The van der Waals surface area contributed by atoms with Crippen LogP contribution in [0.4, 0.5) is 4.79 Å². The number of nitrogens with zero attached hydrogens (tertiary/aromatic N) is 1. The zero-order valence-electron chi connectivity index (χ0n) is 13.6. The minimum atomic E-state index is -0.980. The van der Waals surface area contributed by atoms with Gasteiger partial charge < -0.3 is 20.6 Å². The number of likely N-dealkylation sites (tertiary alicyclic amines) is 1. The maximum atomic E-state index is 11.9. The molecule has 0 bridgehead atoms. The molecule has 3 N–H and O–H groups in total. The third-order valence-corrected chi connectivity index (χ3v) is 4.36. The Morgan fingerprint density at radius 1 is 1.33 bits per heavy atom. The molecule has 0 aromatic heterocycles. The van der Waals surface area contributed by atoms with Crippen molar-refractivity contribution in [3.8, 4) is 0 Å². The summed E-state index contributed by atoms with van der Waals surface area (Å²) in [6.45, 7) is 10.7. The van der Waals surface area contributed by atoms with Crippen LogP contribution in [0, 0.1) is 11.8 Å². The number of hydrogen-bond acceptors (Lipinski definition) is 3. The first-order valence-electron chi connectivity index (χ1n) is 7.86. The number of rotatable bonds is 7. The zero-order valence-corrected chi connectivity index (χ0v) is 13.6. The molecule has 3 atom stereocenters. The fourth-order valence-electron chi connectivity index (χ4n) is 2.61. The lowest BCUT2D eigenvalue weighted by molar-refractivity contribution is -0.140. The summed E-state index contributed by atoms with van der Waals surface area (Å²) in [7, 11) is 0. The van der Waals surface area contributed by atoms with Crippen molar-refractivity contribution in [3.63, 3.8) is 0 Å². The van der Waals surface area contributed by atoms with Crippen molar-refractivity contribution >= 4 is 12.0 Å². The number of carboxylic acids is 1. The van der Waals surface area contributed by atoms with Gasteiger partial charge in [0.2, 0.25) is 0 Å². The Kier molecular flexibility index (Phi) is 6.95. The maximum Gasteiger partial charge on any atom is 0.326 e. The van der Waals surface area contributed by atoms with E-state index in [0.29, 0.717) is 24.9 Å². The van der Waals surface area contributed by atoms with Gasteiger partial charge in [-0.1, -0.05) is 20.3 Å². The molecule has 1 unspecified atom stereocenters. The number of carbonyl (C=O) groups is 2. The Morgan fingerprint density at radius 3 is 2.48 bits per heavy atom. The Hall–Kier alpha value is -1.30. The molecule has 1 heterocycles. The minimum Gasteiger partial charge on any atom is -0.480 e. The highest BCUT2D eigenvalue weighted by Gasteiger charge is 2.27. The van der Waals surface area contributed by atoms with Crippen LogP contribution in [0.5, 0.6) is 0 Å². The molecule has 1 aliphatic rings. The predicted molar refractivity (Wildman–Crippen MR) is 82.2 cm³/mol. The Bertz CT molecular complexity index is 360. The van der Waals surface area contributed by atoms with E-state index in [4.69, 9.17) is 5.11 Å². The van der Waals surface area contributed by atoms with Gasteiger partial charge in [-0.3, -0.25) is 0 Å². The summed E-state index contributed by atoms with van der Waals surface area (Å²) in [4.78, 5) is 25.4. The molecular formula is C15H29N3O3. The zero-order chi connectivity index (χ0) is 16.0. The molecule has 1 aliphatic heterocycles. The average Bonchev–Trinajstić information content (AvgIpc) is 2.90. The number of hydrogen-bond donors (Lipinski definition) is 3. The van der Waals surface area contributed by atoms with Crippen molar-refractivity contribution in [1.29, 1.82) is 0 Å². The summed E-state index contributed by atoms with van der Waals surface area (Å²) >= 11 is 0. The van der Waals surface area contributed by atoms with Gasteiger partial charge in [-0.05, 0) is 38.6 Å². The van der Waals surface area contributed by atoms with Crippen molar-refractivity contribution < 1.29 is 14.7 Å². The minimum absolute atomic E-state index is 0.0869. The van der Waals surface area contributed by atoms with Gasteiger partial charge in [0.15, 0.2) is 0 Å². The first-order chi connectivity index (χ1) is 9.85. The standard InChI is InChI=1S/C15H29N3O3/c1-5-11(4)13(14(19)20)17-15(21)16-8-12-6-7-18(9-12)10(2)3/h10-13H,5-9H2,1-4H3,(H,19,20)(H2,16,17,21)/t11-,12?,13-/m0/s1. The third-order valence-electron chi connectivity index (χ3n) is 4.36. The van der Waals surface area contributed by atoms with E-state index in [0.717, 1.165) is 19.5 Å².